The van der Waals surface area contributed by atoms with Gasteiger partial charge < -0.3 is 14.5 Å². The van der Waals surface area contributed by atoms with Crippen molar-refractivity contribution in [1.82, 2.24) is 4.48 Å². The molecular formula is C22H20BFN3S. The Morgan fingerprint density at radius 1 is 1.25 bits per heavy atom. The highest BCUT2D eigenvalue weighted by molar-refractivity contribution is 7.17. The summed E-state index contributed by atoms with van der Waals surface area (Å²) in [5.74, 6) is 0. The van der Waals surface area contributed by atoms with Crippen molar-refractivity contribution >= 4 is 46.5 Å². The van der Waals surface area contributed by atoms with Crippen molar-refractivity contribution in [2.45, 2.75) is 13.3 Å². The van der Waals surface area contributed by atoms with Gasteiger partial charge in [0.05, 0.1) is 11.4 Å². The van der Waals surface area contributed by atoms with Gasteiger partial charge in [-0.2, -0.15) is 0 Å². The average Bonchev–Trinajstić information content (AvgIpc) is 3.43. The van der Waals surface area contributed by atoms with E-state index in [0.717, 1.165) is 28.2 Å². The van der Waals surface area contributed by atoms with Crippen LogP contribution in [-0.4, -0.2) is 24.4 Å². The third-order valence-electron chi connectivity index (χ3n) is 4.80. The molecule has 0 aliphatic carbocycles. The van der Waals surface area contributed by atoms with Crippen LogP contribution in [0.25, 0.3) is 21.7 Å². The molecular weight excluding hydrogens is 368 g/mol. The molecule has 6 heteroatoms. The second-order valence-corrected chi connectivity index (χ2v) is 7.56. The van der Waals surface area contributed by atoms with E-state index in [4.69, 9.17) is 10.7 Å². The Kier molecular flexibility index (Phi) is 5.41. The number of aliphatic imine (C=N–C) groups is 1. The maximum atomic E-state index is 13.2. The summed E-state index contributed by atoms with van der Waals surface area (Å²) in [7, 11) is 0.562. The minimum absolute atomic E-state index is 0.477. The minimum atomic E-state index is 0.477. The number of hydrogen-bond acceptors (Lipinski definition) is 3. The van der Waals surface area contributed by atoms with Gasteiger partial charge in [-0.1, -0.05) is 24.3 Å². The number of aromatic nitrogens is 1. The lowest BCUT2D eigenvalue weighted by molar-refractivity contribution is 0.830. The molecule has 0 saturated heterocycles. The standard InChI is InChI=1S/C22H20BFN3S/c1-15-13-17(9-8-16-14-28-21-7-3-2-5-18(16)21)26-22(15)19(10-11-25)20-6-4-12-27(20)23-24/h2-9,12-14H,10-11,25H2,1H3/b9-8+,22-19-. The second-order valence-electron chi connectivity index (χ2n) is 6.65. The van der Waals surface area contributed by atoms with Crippen LogP contribution in [0.2, 0.25) is 0 Å². The Hall–Kier alpha value is -2.70. The summed E-state index contributed by atoms with van der Waals surface area (Å²) in [5.41, 5.74) is 11.6. The maximum absolute atomic E-state index is 13.2. The van der Waals surface area contributed by atoms with Gasteiger partial charge in [0.25, 0.3) is 0 Å². The zero-order valence-corrected chi connectivity index (χ0v) is 16.4. The number of benzene rings is 1. The van der Waals surface area contributed by atoms with Crippen LogP contribution in [0.15, 0.2) is 76.4 Å². The van der Waals surface area contributed by atoms with Crippen LogP contribution in [0.3, 0.4) is 0 Å². The number of rotatable bonds is 6. The van der Waals surface area contributed by atoms with Crippen LogP contribution in [-0.2, 0) is 0 Å². The molecule has 0 saturated carbocycles. The van der Waals surface area contributed by atoms with Gasteiger partial charge in [-0.05, 0) is 78.3 Å². The maximum Gasteiger partial charge on any atom is 0.495 e. The smallest absolute Gasteiger partial charge is 0.365 e. The van der Waals surface area contributed by atoms with Gasteiger partial charge in [0, 0.05) is 16.0 Å². The normalized spacial score (nSPS) is 16.0. The first-order valence-electron chi connectivity index (χ1n) is 9.17. The first-order chi connectivity index (χ1) is 13.7. The molecule has 4 rings (SSSR count). The fourth-order valence-corrected chi connectivity index (χ4v) is 4.41. The molecule has 0 fully saturated rings. The number of halogens is 1. The first-order valence-corrected chi connectivity index (χ1v) is 10.0. The van der Waals surface area contributed by atoms with Gasteiger partial charge in [-0.3, -0.25) is 0 Å². The van der Waals surface area contributed by atoms with E-state index in [9.17, 15) is 4.32 Å². The van der Waals surface area contributed by atoms with Crippen molar-refractivity contribution < 1.29 is 4.32 Å². The van der Waals surface area contributed by atoms with Crippen molar-refractivity contribution in [3.05, 3.63) is 82.7 Å². The Balaban J connectivity index is 1.70. The molecule has 2 aromatic heterocycles. The van der Waals surface area contributed by atoms with Gasteiger partial charge in [0.1, 0.15) is 0 Å². The van der Waals surface area contributed by atoms with E-state index in [1.807, 2.05) is 25.1 Å². The zero-order valence-electron chi connectivity index (χ0n) is 15.6. The molecule has 0 bridgehead atoms. The Bertz CT molecular complexity index is 1130. The molecule has 1 aromatic carbocycles. The highest BCUT2D eigenvalue weighted by Crippen LogP contribution is 2.32. The minimum Gasteiger partial charge on any atom is -0.365 e. The summed E-state index contributed by atoms with van der Waals surface area (Å²) < 4.78 is 15.9. The molecule has 28 heavy (non-hydrogen) atoms. The highest BCUT2D eigenvalue weighted by atomic mass is 32.1. The van der Waals surface area contributed by atoms with Crippen molar-refractivity contribution in [2.75, 3.05) is 6.54 Å². The molecule has 3 nitrogen and oxygen atoms in total. The van der Waals surface area contributed by atoms with Crippen LogP contribution in [0.5, 0.6) is 0 Å². The predicted molar refractivity (Wildman–Crippen MR) is 119 cm³/mol. The summed E-state index contributed by atoms with van der Waals surface area (Å²) in [6.45, 7) is 2.51. The van der Waals surface area contributed by atoms with Crippen molar-refractivity contribution in [3.8, 4) is 0 Å². The predicted octanol–water partition coefficient (Wildman–Crippen LogP) is 5.23. The topological polar surface area (TPSA) is 43.3 Å². The number of fused-ring (bicyclic) bond motifs is 1. The zero-order chi connectivity index (χ0) is 19.5. The van der Waals surface area contributed by atoms with Gasteiger partial charge >= 0.3 is 7.69 Å². The fraction of sp³-hybridized carbons (Fsp3) is 0.136. The lowest BCUT2D eigenvalue weighted by atomic mass is 10.0. The third-order valence-corrected chi connectivity index (χ3v) is 5.78. The largest absolute Gasteiger partial charge is 0.495 e. The van der Waals surface area contributed by atoms with Crippen molar-refractivity contribution in [1.29, 1.82) is 0 Å². The highest BCUT2D eigenvalue weighted by Gasteiger charge is 2.18. The van der Waals surface area contributed by atoms with Crippen LogP contribution in [0.1, 0.15) is 24.6 Å². The van der Waals surface area contributed by atoms with E-state index >= 15 is 0 Å². The van der Waals surface area contributed by atoms with E-state index in [2.05, 4.69) is 41.8 Å². The third kappa shape index (κ3) is 3.53. The summed E-state index contributed by atoms with van der Waals surface area (Å²) in [6, 6.07) is 12.1. The Labute approximate surface area is 168 Å². The summed E-state index contributed by atoms with van der Waals surface area (Å²) in [4.78, 5) is 4.81. The number of allylic oxidation sites excluding steroid dienone is 3. The molecule has 3 aromatic rings. The van der Waals surface area contributed by atoms with Crippen LogP contribution < -0.4 is 5.73 Å². The molecule has 3 heterocycles. The molecule has 2 N–H and O–H groups in total. The van der Waals surface area contributed by atoms with Gasteiger partial charge in [-0.25, -0.2) is 4.99 Å². The molecule has 0 spiro atoms. The number of nitrogens with two attached hydrogens (primary N) is 1. The summed E-state index contributed by atoms with van der Waals surface area (Å²) in [6.07, 6.45) is 8.51. The van der Waals surface area contributed by atoms with Crippen LogP contribution >= 0.6 is 11.3 Å². The van der Waals surface area contributed by atoms with Gasteiger partial charge in [0.15, 0.2) is 0 Å². The number of nitrogens with zero attached hydrogens (tertiary/aromatic N) is 2. The molecule has 139 valence electrons. The molecule has 1 radical (unpaired) electrons. The number of thiophene rings is 1. The fourth-order valence-electron chi connectivity index (χ4n) is 3.48. The number of hydrogen-bond donors (Lipinski definition) is 1. The second kappa shape index (κ2) is 8.13. The van der Waals surface area contributed by atoms with Crippen LogP contribution in [0, 0.1) is 0 Å². The molecule has 1 aliphatic heterocycles. The summed E-state index contributed by atoms with van der Waals surface area (Å²) in [5, 5.41) is 3.41. The Morgan fingerprint density at radius 2 is 2.11 bits per heavy atom. The van der Waals surface area contributed by atoms with E-state index < -0.39 is 0 Å². The van der Waals surface area contributed by atoms with Crippen molar-refractivity contribution in [2.24, 2.45) is 10.7 Å². The van der Waals surface area contributed by atoms with Crippen molar-refractivity contribution in [3.63, 3.8) is 0 Å². The van der Waals surface area contributed by atoms with E-state index in [1.54, 1.807) is 17.5 Å². The van der Waals surface area contributed by atoms with Gasteiger partial charge in [0.2, 0.25) is 0 Å². The molecule has 0 unspecified atom stereocenters. The molecule has 0 amide bonds. The first kappa shape index (κ1) is 18.7. The lowest BCUT2D eigenvalue weighted by Gasteiger charge is -2.12. The van der Waals surface area contributed by atoms with E-state index in [1.165, 1.54) is 20.1 Å². The SMILES string of the molecule is CC1=CC(/C=C/c2csc3ccccc23)=NC/1=C(/CCN)c1cccn1[B]F. The lowest BCUT2D eigenvalue weighted by Crippen LogP contribution is -2.08. The van der Waals surface area contributed by atoms with Gasteiger partial charge in [-0.15, -0.1) is 11.3 Å². The average molecular weight is 388 g/mol. The quantitative estimate of drug-likeness (QED) is 0.578. The van der Waals surface area contributed by atoms with E-state index in [-0.39, 0.29) is 0 Å². The molecule has 0 atom stereocenters. The Morgan fingerprint density at radius 3 is 2.93 bits per heavy atom. The monoisotopic (exact) mass is 388 g/mol. The summed E-state index contributed by atoms with van der Waals surface area (Å²) >= 11 is 1.74. The van der Waals surface area contributed by atoms with Crippen LogP contribution in [0.4, 0.5) is 4.32 Å². The van der Waals surface area contributed by atoms with E-state index in [0.29, 0.717) is 20.7 Å². The molecule has 1 aliphatic rings.